The lowest BCUT2D eigenvalue weighted by molar-refractivity contribution is 0.0997. The summed E-state index contributed by atoms with van der Waals surface area (Å²) in [5, 5.41) is 0. The van der Waals surface area contributed by atoms with Crippen LogP contribution in [-0.2, 0) is 0 Å². The van der Waals surface area contributed by atoms with Crippen LogP contribution in [0.25, 0.3) is 22.6 Å². The van der Waals surface area contributed by atoms with E-state index in [1.165, 1.54) is 11.1 Å². The topological polar surface area (TPSA) is 95.9 Å². The molecule has 7 nitrogen and oxygen atoms in total. The Labute approximate surface area is 120 Å². The van der Waals surface area contributed by atoms with Gasteiger partial charge in [-0.3, -0.25) is 4.79 Å². The number of carbonyl (C=O) groups is 1. The summed E-state index contributed by atoms with van der Waals surface area (Å²) in [5.41, 5.74) is 7.00. The number of aromatic nitrogens is 4. The number of carbonyl (C=O) groups excluding carboxylic acids is 1. The maximum atomic E-state index is 11.6. The van der Waals surface area contributed by atoms with Crippen LogP contribution in [0.5, 0.6) is 0 Å². The number of fused-ring (bicyclic) bond motifs is 1. The smallest absolute Gasteiger partial charge is 0.269 e. The Bertz CT molecular complexity index is 798. The van der Waals surface area contributed by atoms with E-state index in [2.05, 4.69) is 15.0 Å². The van der Waals surface area contributed by atoms with Crippen LogP contribution < -0.4 is 10.6 Å². The highest BCUT2D eigenvalue weighted by Gasteiger charge is 2.18. The Hall–Kier alpha value is -2.96. The molecule has 3 rings (SSSR count). The highest BCUT2D eigenvalue weighted by molar-refractivity contribution is 6.01. The van der Waals surface area contributed by atoms with Crippen LogP contribution in [0.3, 0.4) is 0 Å². The van der Waals surface area contributed by atoms with Gasteiger partial charge in [0.25, 0.3) is 5.91 Å². The van der Waals surface area contributed by atoms with Crippen molar-refractivity contribution in [3.63, 3.8) is 0 Å². The van der Waals surface area contributed by atoms with E-state index >= 15 is 0 Å². The molecule has 0 spiro atoms. The Morgan fingerprint density at radius 3 is 2.71 bits per heavy atom. The Kier molecular flexibility index (Phi) is 3.23. The first kappa shape index (κ1) is 13.0. The first-order valence-corrected chi connectivity index (χ1v) is 6.44. The van der Waals surface area contributed by atoms with Gasteiger partial charge in [-0.05, 0) is 6.92 Å². The lowest BCUT2D eigenvalue weighted by Crippen LogP contribution is -2.16. The van der Waals surface area contributed by atoms with E-state index in [0.717, 1.165) is 5.56 Å². The molecule has 7 heteroatoms. The zero-order chi connectivity index (χ0) is 14.8. The molecule has 0 fully saturated rings. The number of hydrogen-bond donors (Lipinski definition) is 1. The second-order valence-electron chi connectivity index (χ2n) is 4.29. The third-order valence-corrected chi connectivity index (χ3v) is 2.90. The van der Waals surface area contributed by atoms with Crippen molar-refractivity contribution in [2.45, 2.75) is 6.92 Å². The lowest BCUT2D eigenvalue weighted by Gasteiger charge is -2.06. The molecule has 2 N–H and O–H groups in total. The summed E-state index contributed by atoms with van der Waals surface area (Å²) in [5.74, 6) is -0.250. The summed E-state index contributed by atoms with van der Waals surface area (Å²) in [6, 6.07) is 9.33. The molecule has 3 aromatic rings. The largest absolute Gasteiger partial charge is 0.411 e. The highest BCUT2D eigenvalue weighted by atomic mass is 16.7. The summed E-state index contributed by atoms with van der Waals surface area (Å²) in [4.78, 5) is 29.8. The fourth-order valence-electron chi connectivity index (χ4n) is 2.00. The van der Waals surface area contributed by atoms with Gasteiger partial charge in [0, 0.05) is 5.56 Å². The third kappa shape index (κ3) is 2.29. The molecule has 0 saturated heterocycles. The van der Waals surface area contributed by atoms with E-state index in [4.69, 9.17) is 10.6 Å². The molecule has 2 aromatic heterocycles. The number of nitrogens with zero attached hydrogens (tertiary/aromatic N) is 4. The standard InChI is InChI=1S/C14H13N5O2/c1-2-21-19-8-16-11-10(12(15)20)17-13(18-14(11)19)9-6-4-3-5-7-9/h3-8H,2H2,1H3,(H2,15,20). The minimum absolute atomic E-state index is 0.0808. The van der Waals surface area contributed by atoms with E-state index in [0.29, 0.717) is 23.6 Å². The lowest BCUT2D eigenvalue weighted by atomic mass is 10.2. The van der Waals surface area contributed by atoms with E-state index in [9.17, 15) is 4.79 Å². The monoisotopic (exact) mass is 283 g/mol. The van der Waals surface area contributed by atoms with Gasteiger partial charge in [-0.25, -0.2) is 15.0 Å². The van der Waals surface area contributed by atoms with Gasteiger partial charge in [-0.1, -0.05) is 30.3 Å². The molecule has 1 amide bonds. The second-order valence-corrected chi connectivity index (χ2v) is 4.29. The fourth-order valence-corrected chi connectivity index (χ4v) is 2.00. The van der Waals surface area contributed by atoms with Crippen molar-refractivity contribution in [2.24, 2.45) is 5.73 Å². The molecular formula is C14H13N5O2. The Morgan fingerprint density at radius 1 is 1.29 bits per heavy atom. The second kappa shape index (κ2) is 5.20. The van der Waals surface area contributed by atoms with Gasteiger partial charge in [-0.2, -0.15) is 4.73 Å². The molecule has 0 bridgehead atoms. The van der Waals surface area contributed by atoms with Crippen molar-refractivity contribution in [3.8, 4) is 11.4 Å². The third-order valence-electron chi connectivity index (χ3n) is 2.90. The van der Waals surface area contributed by atoms with Gasteiger partial charge in [0.15, 0.2) is 17.2 Å². The van der Waals surface area contributed by atoms with Crippen LogP contribution in [0.1, 0.15) is 17.4 Å². The van der Waals surface area contributed by atoms with Crippen LogP contribution in [0, 0.1) is 0 Å². The summed E-state index contributed by atoms with van der Waals surface area (Å²) in [6.07, 6.45) is 1.45. The van der Waals surface area contributed by atoms with Crippen molar-refractivity contribution in [3.05, 3.63) is 42.4 Å². The predicted molar refractivity (Wildman–Crippen MR) is 76.4 cm³/mol. The van der Waals surface area contributed by atoms with Crippen molar-refractivity contribution >= 4 is 17.1 Å². The van der Waals surface area contributed by atoms with Crippen LogP contribution in [-0.4, -0.2) is 32.2 Å². The first-order valence-electron chi connectivity index (χ1n) is 6.44. The van der Waals surface area contributed by atoms with Gasteiger partial charge < -0.3 is 10.6 Å². The SMILES string of the molecule is CCOn1cnc2c(C(N)=O)nc(-c3ccccc3)nc21. The first-order chi connectivity index (χ1) is 10.2. The van der Waals surface area contributed by atoms with Gasteiger partial charge in [-0.15, -0.1) is 0 Å². The molecule has 2 heterocycles. The maximum absolute atomic E-state index is 11.6. The maximum Gasteiger partial charge on any atom is 0.269 e. The summed E-state index contributed by atoms with van der Waals surface area (Å²) in [7, 11) is 0. The molecule has 1 aromatic carbocycles. The van der Waals surface area contributed by atoms with E-state index < -0.39 is 5.91 Å². The number of nitrogens with two attached hydrogens (primary N) is 1. The Morgan fingerprint density at radius 2 is 2.05 bits per heavy atom. The van der Waals surface area contributed by atoms with Crippen LogP contribution in [0.4, 0.5) is 0 Å². The average molecular weight is 283 g/mol. The summed E-state index contributed by atoms with van der Waals surface area (Å²) < 4.78 is 1.41. The predicted octanol–water partition coefficient (Wildman–Crippen LogP) is 1.04. The molecule has 0 unspecified atom stereocenters. The minimum Gasteiger partial charge on any atom is -0.411 e. The quantitative estimate of drug-likeness (QED) is 0.771. The van der Waals surface area contributed by atoms with Gasteiger partial charge in [0.1, 0.15) is 18.5 Å². The molecule has 21 heavy (non-hydrogen) atoms. The van der Waals surface area contributed by atoms with Crippen molar-refractivity contribution in [1.82, 2.24) is 19.7 Å². The van der Waals surface area contributed by atoms with Crippen molar-refractivity contribution in [1.29, 1.82) is 0 Å². The minimum atomic E-state index is -0.652. The van der Waals surface area contributed by atoms with Gasteiger partial charge in [0.05, 0.1) is 0 Å². The molecule has 0 aliphatic carbocycles. The number of primary amides is 1. The zero-order valence-corrected chi connectivity index (χ0v) is 11.4. The number of imidazole rings is 1. The van der Waals surface area contributed by atoms with E-state index in [1.54, 1.807) is 0 Å². The van der Waals surface area contributed by atoms with Crippen LogP contribution >= 0.6 is 0 Å². The van der Waals surface area contributed by atoms with Crippen molar-refractivity contribution in [2.75, 3.05) is 6.61 Å². The number of amides is 1. The zero-order valence-electron chi connectivity index (χ0n) is 11.4. The molecule has 0 aliphatic heterocycles. The molecular weight excluding hydrogens is 270 g/mol. The molecule has 0 radical (unpaired) electrons. The van der Waals surface area contributed by atoms with Gasteiger partial charge in [0.2, 0.25) is 0 Å². The summed E-state index contributed by atoms with van der Waals surface area (Å²) >= 11 is 0. The number of benzene rings is 1. The van der Waals surface area contributed by atoms with Crippen molar-refractivity contribution < 1.29 is 9.63 Å². The normalized spacial score (nSPS) is 10.7. The van der Waals surface area contributed by atoms with E-state index in [-0.39, 0.29) is 5.69 Å². The molecule has 0 aliphatic rings. The summed E-state index contributed by atoms with van der Waals surface area (Å²) in [6.45, 7) is 2.29. The fraction of sp³-hybridized carbons (Fsp3) is 0.143. The molecule has 106 valence electrons. The van der Waals surface area contributed by atoms with E-state index in [1.807, 2.05) is 37.3 Å². The highest BCUT2D eigenvalue weighted by Crippen LogP contribution is 2.20. The molecule has 0 saturated carbocycles. The molecule has 0 atom stereocenters. The number of hydrogen-bond acceptors (Lipinski definition) is 5. The van der Waals surface area contributed by atoms with Gasteiger partial charge >= 0.3 is 0 Å². The van der Waals surface area contributed by atoms with Crippen LogP contribution in [0.2, 0.25) is 0 Å². The Balaban J connectivity index is 2.27. The average Bonchev–Trinajstić information content (AvgIpc) is 2.90. The van der Waals surface area contributed by atoms with Crippen LogP contribution in [0.15, 0.2) is 36.7 Å². The number of rotatable bonds is 4.